The highest BCUT2D eigenvalue weighted by atomic mass is 16.5. The minimum absolute atomic E-state index is 0.353. The molecule has 2 aromatic carbocycles. The van der Waals surface area contributed by atoms with E-state index in [1.165, 1.54) is 16.7 Å². The van der Waals surface area contributed by atoms with Crippen molar-refractivity contribution in [3.05, 3.63) is 65.7 Å². The van der Waals surface area contributed by atoms with Gasteiger partial charge in [-0.3, -0.25) is 0 Å². The summed E-state index contributed by atoms with van der Waals surface area (Å²) in [7, 11) is 0. The Morgan fingerprint density at radius 1 is 1.04 bits per heavy atom. The van der Waals surface area contributed by atoms with Crippen molar-refractivity contribution >= 4 is 17.0 Å². The molecule has 4 aromatic rings. The monoisotopic (exact) mass is 331 g/mol. The number of pyridine rings is 1. The molecule has 6 nitrogen and oxygen atoms in total. The van der Waals surface area contributed by atoms with E-state index in [-0.39, 0.29) is 0 Å². The van der Waals surface area contributed by atoms with E-state index in [0.29, 0.717) is 29.3 Å². The first-order chi connectivity index (χ1) is 12.2. The van der Waals surface area contributed by atoms with Gasteiger partial charge in [0.1, 0.15) is 12.4 Å². The summed E-state index contributed by atoms with van der Waals surface area (Å²) in [5.41, 5.74) is 11.5. The molecule has 6 heteroatoms. The van der Waals surface area contributed by atoms with Crippen LogP contribution in [0.15, 0.2) is 54.6 Å². The lowest BCUT2D eigenvalue weighted by molar-refractivity contribution is 0.308. The predicted octanol–water partition coefficient (Wildman–Crippen LogP) is 3.49. The van der Waals surface area contributed by atoms with Crippen LogP contribution < -0.4 is 10.5 Å². The van der Waals surface area contributed by atoms with Crippen molar-refractivity contribution in [3.63, 3.8) is 0 Å². The van der Waals surface area contributed by atoms with Crippen LogP contribution in [0.25, 0.3) is 22.3 Å². The van der Waals surface area contributed by atoms with Crippen LogP contribution in [-0.2, 0) is 6.61 Å². The molecule has 0 aliphatic rings. The van der Waals surface area contributed by atoms with Crippen molar-refractivity contribution in [1.29, 1.82) is 0 Å². The fourth-order valence-corrected chi connectivity index (χ4v) is 2.86. The number of ether oxygens (including phenoxy) is 1. The minimum atomic E-state index is 0.353. The van der Waals surface area contributed by atoms with Crippen molar-refractivity contribution in [1.82, 2.24) is 20.4 Å². The number of aromatic amines is 1. The van der Waals surface area contributed by atoms with Crippen LogP contribution >= 0.6 is 0 Å². The third-order valence-corrected chi connectivity index (χ3v) is 4.19. The Balaban J connectivity index is 1.64. The Bertz CT molecular complexity index is 1030. The second kappa shape index (κ2) is 6.24. The quantitative estimate of drug-likeness (QED) is 0.597. The van der Waals surface area contributed by atoms with Crippen LogP contribution in [0.3, 0.4) is 0 Å². The summed E-state index contributed by atoms with van der Waals surface area (Å²) in [6.45, 7) is 2.52. The lowest BCUT2D eigenvalue weighted by Crippen LogP contribution is -2.01. The van der Waals surface area contributed by atoms with Crippen molar-refractivity contribution in [2.75, 3.05) is 5.73 Å². The van der Waals surface area contributed by atoms with Gasteiger partial charge in [-0.15, -0.1) is 5.10 Å². The third kappa shape index (κ3) is 2.89. The van der Waals surface area contributed by atoms with Gasteiger partial charge in [0.15, 0.2) is 11.3 Å². The largest absolute Gasteiger partial charge is 0.486 e. The summed E-state index contributed by atoms with van der Waals surface area (Å²) < 4.78 is 5.97. The summed E-state index contributed by atoms with van der Waals surface area (Å²) >= 11 is 0. The summed E-state index contributed by atoms with van der Waals surface area (Å²) in [4.78, 5) is 4.12. The molecule has 124 valence electrons. The molecule has 0 spiro atoms. The van der Waals surface area contributed by atoms with E-state index in [0.717, 1.165) is 5.56 Å². The number of nitrogens with two attached hydrogens (primary N) is 1. The Hall–Kier alpha value is -3.41. The standard InChI is InChI=1S/C19H17N5O/c1-12-14(8-5-9-15(12)13-6-3-2-4-7-13)11-25-16-10-17(20)21-19-18(16)22-24-23-19/h2-10H,11H2,1H3,(H3,20,21,22,23,24). The topological polar surface area (TPSA) is 89.7 Å². The molecule has 0 saturated carbocycles. The molecule has 0 fully saturated rings. The Labute approximate surface area is 144 Å². The van der Waals surface area contributed by atoms with E-state index in [2.05, 4.69) is 51.6 Å². The molecule has 0 unspecified atom stereocenters. The number of benzene rings is 2. The molecule has 0 aliphatic heterocycles. The fraction of sp³-hybridized carbons (Fsp3) is 0.105. The first-order valence-corrected chi connectivity index (χ1v) is 7.96. The first-order valence-electron chi connectivity index (χ1n) is 7.96. The van der Waals surface area contributed by atoms with E-state index < -0.39 is 0 Å². The number of H-pyrrole nitrogens is 1. The van der Waals surface area contributed by atoms with Crippen LogP contribution in [0.2, 0.25) is 0 Å². The zero-order valence-electron chi connectivity index (χ0n) is 13.7. The van der Waals surface area contributed by atoms with Crippen LogP contribution in [0.4, 0.5) is 5.82 Å². The highest BCUT2D eigenvalue weighted by Gasteiger charge is 2.11. The zero-order valence-corrected chi connectivity index (χ0v) is 13.7. The minimum Gasteiger partial charge on any atom is -0.486 e. The highest BCUT2D eigenvalue weighted by molar-refractivity contribution is 5.79. The number of rotatable bonds is 4. The third-order valence-electron chi connectivity index (χ3n) is 4.19. The molecule has 0 bridgehead atoms. The van der Waals surface area contributed by atoms with Crippen LogP contribution in [-0.4, -0.2) is 20.4 Å². The first kappa shape index (κ1) is 15.1. The van der Waals surface area contributed by atoms with Crippen molar-refractivity contribution < 1.29 is 4.74 Å². The molecule has 2 heterocycles. The zero-order chi connectivity index (χ0) is 17.2. The number of nitrogen functional groups attached to an aromatic ring is 1. The van der Waals surface area contributed by atoms with Gasteiger partial charge in [-0.05, 0) is 29.2 Å². The van der Waals surface area contributed by atoms with E-state index in [4.69, 9.17) is 10.5 Å². The van der Waals surface area contributed by atoms with Crippen molar-refractivity contribution in [3.8, 4) is 16.9 Å². The molecule has 0 aliphatic carbocycles. The molecule has 2 aromatic heterocycles. The van der Waals surface area contributed by atoms with Gasteiger partial charge in [0.25, 0.3) is 0 Å². The van der Waals surface area contributed by atoms with Crippen LogP contribution in [0.5, 0.6) is 5.75 Å². The van der Waals surface area contributed by atoms with Crippen molar-refractivity contribution in [2.24, 2.45) is 0 Å². The molecule has 25 heavy (non-hydrogen) atoms. The fourth-order valence-electron chi connectivity index (χ4n) is 2.86. The van der Waals surface area contributed by atoms with E-state index >= 15 is 0 Å². The molecular weight excluding hydrogens is 314 g/mol. The van der Waals surface area contributed by atoms with Gasteiger partial charge < -0.3 is 10.5 Å². The van der Waals surface area contributed by atoms with Crippen LogP contribution in [0, 0.1) is 6.92 Å². The second-order valence-electron chi connectivity index (χ2n) is 5.79. The van der Waals surface area contributed by atoms with Crippen molar-refractivity contribution in [2.45, 2.75) is 13.5 Å². The molecule has 3 N–H and O–H groups in total. The Kier molecular flexibility index (Phi) is 3.78. The van der Waals surface area contributed by atoms with Gasteiger partial charge in [-0.1, -0.05) is 48.5 Å². The molecule has 0 atom stereocenters. The molecule has 0 radical (unpaired) electrons. The van der Waals surface area contributed by atoms with E-state index in [1.54, 1.807) is 6.07 Å². The number of hydrogen-bond acceptors (Lipinski definition) is 5. The Morgan fingerprint density at radius 2 is 1.88 bits per heavy atom. The number of nitrogens with one attached hydrogen (secondary N) is 1. The normalized spacial score (nSPS) is 10.9. The maximum Gasteiger partial charge on any atom is 0.207 e. The summed E-state index contributed by atoms with van der Waals surface area (Å²) in [6.07, 6.45) is 0. The molecule has 0 amide bonds. The number of aromatic nitrogens is 4. The lowest BCUT2D eigenvalue weighted by atomic mass is 9.97. The average molecular weight is 331 g/mol. The van der Waals surface area contributed by atoms with Gasteiger partial charge in [0.2, 0.25) is 5.65 Å². The summed E-state index contributed by atoms with van der Waals surface area (Å²) in [5, 5.41) is 10.6. The van der Waals surface area contributed by atoms with Crippen LogP contribution in [0.1, 0.15) is 11.1 Å². The molecule has 4 rings (SSSR count). The SMILES string of the molecule is Cc1c(COc2cc(N)nc3n[nH]nc23)cccc1-c1ccccc1. The summed E-state index contributed by atoms with van der Waals surface area (Å²) in [6, 6.07) is 18.2. The predicted molar refractivity (Wildman–Crippen MR) is 97.0 cm³/mol. The van der Waals surface area contributed by atoms with Gasteiger partial charge in [0, 0.05) is 6.07 Å². The number of nitrogens with zero attached hydrogens (tertiary/aromatic N) is 3. The smallest absolute Gasteiger partial charge is 0.207 e. The highest BCUT2D eigenvalue weighted by Crippen LogP contribution is 2.28. The summed E-state index contributed by atoms with van der Waals surface area (Å²) in [5.74, 6) is 0.923. The second-order valence-corrected chi connectivity index (χ2v) is 5.79. The molecular formula is C19H17N5O. The number of anilines is 1. The van der Waals surface area contributed by atoms with Gasteiger partial charge >= 0.3 is 0 Å². The molecule has 0 saturated heterocycles. The Morgan fingerprint density at radius 3 is 2.72 bits per heavy atom. The number of hydrogen-bond donors (Lipinski definition) is 2. The van der Waals surface area contributed by atoms with E-state index in [9.17, 15) is 0 Å². The maximum atomic E-state index is 5.97. The average Bonchev–Trinajstić information content (AvgIpc) is 3.10. The number of fused-ring (bicyclic) bond motifs is 1. The maximum absolute atomic E-state index is 5.97. The van der Waals surface area contributed by atoms with Gasteiger partial charge in [-0.2, -0.15) is 10.3 Å². The van der Waals surface area contributed by atoms with Gasteiger partial charge in [0.05, 0.1) is 0 Å². The van der Waals surface area contributed by atoms with Gasteiger partial charge in [-0.25, -0.2) is 4.98 Å². The van der Waals surface area contributed by atoms with E-state index in [1.807, 2.05) is 24.3 Å². The lowest BCUT2D eigenvalue weighted by Gasteiger charge is -2.13.